The Morgan fingerprint density at radius 3 is 2.56 bits per heavy atom. The van der Waals surface area contributed by atoms with Crippen LogP contribution in [0.25, 0.3) is 0 Å². The van der Waals surface area contributed by atoms with E-state index in [9.17, 15) is 19.8 Å². The van der Waals surface area contributed by atoms with Gasteiger partial charge in [-0.05, 0) is 57.8 Å². The molecule has 0 aliphatic carbocycles. The lowest BCUT2D eigenvalue weighted by Gasteiger charge is -2.31. The van der Waals surface area contributed by atoms with E-state index in [1.54, 1.807) is 0 Å². The molecule has 142 valence electrons. The zero-order valence-corrected chi connectivity index (χ0v) is 16.8. The third-order valence-corrected chi connectivity index (χ3v) is 5.29. The Labute approximate surface area is 171 Å². The van der Waals surface area contributed by atoms with Gasteiger partial charge in [-0.2, -0.15) is 0 Å². The van der Waals surface area contributed by atoms with Gasteiger partial charge in [0.25, 0.3) is 11.8 Å². The zero-order chi connectivity index (χ0) is 19.4. The van der Waals surface area contributed by atoms with Crippen molar-refractivity contribution in [2.24, 2.45) is 0 Å². The molecule has 7 heteroatoms. The topological polar surface area (TPSA) is 89.9 Å². The van der Waals surface area contributed by atoms with Crippen LogP contribution in [0.5, 0.6) is 0 Å². The molecule has 2 amide bonds. The summed E-state index contributed by atoms with van der Waals surface area (Å²) < 4.78 is 1.03. The van der Waals surface area contributed by atoms with E-state index in [2.05, 4.69) is 27.9 Å². The maximum Gasteiger partial charge on any atom is 0.255 e. The Bertz CT molecular complexity index is 842. The Balaban J connectivity index is 1.57. The number of carbonyl (C=O) groups is 2. The molecule has 0 fully saturated rings. The van der Waals surface area contributed by atoms with Gasteiger partial charge in [0, 0.05) is 23.2 Å². The normalized spacial score (nSPS) is 15.6. The van der Waals surface area contributed by atoms with E-state index >= 15 is 0 Å². The molecular weight excluding hydrogens is 459 g/mol. The van der Waals surface area contributed by atoms with E-state index in [4.69, 9.17) is 0 Å². The van der Waals surface area contributed by atoms with Crippen molar-refractivity contribution < 1.29 is 19.8 Å². The second kappa shape index (κ2) is 8.81. The third-order valence-electron chi connectivity index (χ3n) is 4.62. The third kappa shape index (κ3) is 4.85. The summed E-state index contributed by atoms with van der Waals surface area (Å²) in [6, 6.07) is 15.4. The molecule has 27 heavy (non-hydrogen) atoms. The molecule has 2 unspecified atom stereocenters. The minimum absolute atomic E-state index is 0.213. The van der Waals surface area contributed by atoms with E-state index in [1.165, 1.54) is 10.5 Å². The molecule has 0 aromatic heterocycles. The van der Waals surface area contributed by atoms with Crippen LogP contribution in [0.1, 0.15) is 16.7 Å². The molecule has 1 aliphatic heterocycles. The van der Waals surface area contributed by atoms with Gasteiger partial charge in [0.05, 0.1) is 0 Å². The lowest BCUT2D eigenvalue weighted by molar-refractivity contribution is -0.153. The first kappa shape index (κ1) is 19.8. The molecule has 6 nitrogen and oxygen atoms in total. The summed E-state index contributed by atoms with van der Waals surface area (Å²) in [5.74, 6) is -1.41. The highest BCUT2D eigenvalue weighted by Gasteiger charge is 2.34. The van der Waals surface area contributed by atoms with E-state index in [0.29, 0.717) is 19.5 Å². The van der Waals surface area contributed by atoms with Gasteiger partial charge >= 0.3 is 0 Å². The number of aliphatic hydroxyl groups is 2. The standard InChI is InChI=1S/C20H21IN2O4/c21-16-7-3-4-13(10-16)11-22-19(26)17(24)18(25)20(27)23-9-8-14-5-1-2-6-15(14)12-23/h1-7,10,17-18,24-25H,8-9,11-12H2,(H,22,26). The first-order valence-corrected chi connectivity index (χ1v) is 9.77. The molecule has 0 saturated heterocycles. The predicted molar refractivity (Wildman–Crippen MR) is 109 cm³/mol. The van der Waals surface area contributed by atoms with E-state index in [-0.39, 0.29) is 6.54 Å². The van der Waals surface area contributed by atoms with Crippen LogP contribution in [0, 0.1) is 3.57 Å². The van der Waals surface area contributed by atoms with Crippen molar-refractivity contribution in [3.63, 3.8) is 0 Å². The summed E-state index contributed by atoms with van der Waals surface area (Å²) in [7, 11) is 0. The Hall–Kier alpha value is -1.97. The van der Waals surface area contributed by atoms with Crippen LogP contribution in [-0.2, 0) is 29.1 Å². The fourth-order valence-electron chi connectivity index (χ4n) is 3.09. The van der Waals surface area contributed by atoms with E-state index < -0.39 is 24.0 Å². The van der Waals surface area contributed by atoms with E-state index in [0.717, 1.165) is 14.7 Å². The average Bonchev–Trinajstić information content (AvgIpc) is 2.70. The number of carbonyl (C=O) groups excluding carboxylic acids is 2. The Morgan fingerprint density at radius 1 is 1.07 bits per heavy atom. The van der Waals surface area contributed by atoms with Crippen molar-refractivity contribution in [1.82, 2.24) is 10.2 Å². The monoisotopic (exact) mass is 480 g/mol. The van der Waals surface area contributed by atoms with Gasteiger partial charge in [-0.15, -0.1) is 0 Å². The van der Waals surface area contributed by atoms with E-state index in [1.807, 2.05) is 48.5 Å². The molecule has 2 atom stereocenters. The maximum absolute atomic E-state index is 12.5. The van der Waals surface area contributed by atoms with Crippen LogP contribution in [0.3, 0.4) is 0 Å². The lowest BCUT2D eigenvalue weighted by atomic mass is 9.99. The summed E-state index contributed by atoms with van der Waals surface area (Å²) in [5.41, 5.74) is 3.06. The number of benzene rings is 2. The fraction of sp³-hybridized carbons (Fsp3) is 0.300. The quantitative estimate of drug-likeness (QED) is 0.562. The minimum atomic E-state index is -1.81. The second-order valence-electron chi connectivity index (χ2n) is 6.52. The summed E-state index contributed by atoms with van der Waals surface area (Å²) in [6.45, 7) is 1.03. The molecule has 2 aromatic rings. The van der Waals surface area contributed by atoms with Gasteiger partial charge < -0.3 is 20.4 Å². The molecular formula is C20H21IN2O4. The number of fused-ring (bicyclic) bond motifs is 1. The highest BCUT2D eigenvalue weighted by Crippen LogP contribution is 2.19. The molecule has 3 N–H and O–H groups in total. The Morgan fingerprint density at radius 2 is 1.81 bits per heavy atom. The van der Waals surface area contributed by atoms with Crippen molar-refractivity contribution in [3.05, 3.63) is 68.8 Å². The van der Waals surface area contributed by atoms with Crippen molar-refractivity contribution >= 4 is 34.4 Å². The number of hydrogen-bond acceptors (Lipinski definition) is 4. The van der Waals surface area contributed by atoms with Crippen LogP contribution in [0.4, 0.5) is 0 Å². The maximum atomic E-state index is 12.5. The molecule has 1 heterocycles. The number of hydrogen-bond donors (Lipinski definition) is 3. The summed E-state index contributed by atoms with van der Waals surface area (Å²) >= 11 is 2.17. The van der Waals surface area contributed by atoms with Gasteiger partial charge in [-0.3, -0.25) is 9.59 Å². The molecule has 2 aromatic carbocycles. The summed E-state index contributed by atoms with van der Waals surface area (Å²) in [5, 5.41) is 22.9. The SMILES string of the molecule is O=C(NCc1cccc(I)c1)C(O)C(O)C(=O)N1CCc2ccccc2C1. The number of halogens is 1. The molecule has 1 aliphatic rings. The zero-order valence-electron chi connectivity index (χ0n) is 14.6. The molecule has 0 radical (unpaired) electrons. The lowest BCUT2D eigenvalue weighted by Crippen LogP contribution is -2.51. The highest BCUT2D eigenvalue weighted by molar-refractivity contribution is 14.1. The van der Waals surface area contributed by atoms with Gasteiger partial charge in [-0.25, -0.2) is 0 Å². The first-order chi connectivity index (χ1) is 13.0. The molecule has 0 bridgehead atoms. The van der Waals surface area contributed by atoms with Crippen molar-refractivity contribution in [2.45, 2.75) is 31.7 Å². The van der Waals surface area contributed by atoms with Gasteiger partial charge in [0.1, 0.15) is 0 Å². The second-order valence-corrected chi connectivity index (χ2v) is 7.76. The highest BCUT2D eigenvalue weighted by atomic mass is 127. The van der Waals surface area contributed by atoms with Gasteiger partial charge in [-0.1, -0.05) is 36.4 Å². The first-order valence-electron chi connectivity index (χ1n) is 8.69. The molecule has 3 rings (SSSR count). The van der Waals surface area contributed by atoms with Crippen LogP contribution in [0.2, 0.25) is 0 Å². The number of nitrogens with zero attached hydrogens (tertiary/aromatic N) is 1. The predicted octanol–water partition coefficient (Wildman–Crippen LogP) is 1.21. The largest absolute Gasteiger partial charge is 0.380 e. The van der Waals surface area contributed by atoms with Gasteiger partial charge in [0.15, 0.2) is 12.2 Å². The van der Waals surface area contributed by atoms with Crippen LogP contribution in [0.15, 0.2) is 48.5 Å². The minimum Gasteiger partial charge on any atom is -0.380 e. The Kier molecular flexibility index (Phi) is 6.46. The fourth-order valence-corrected chi connectivity index (χ4v) is 3.70. The number of amides is 2. The number of aliphatic hydroxyl groups excluding tert-OH is 2. The summed E-state index contributed by atoms with van der Waals surface area (Å²) in [6.07, 6.45) is -2.91. The van der Waals surface area contributed by atoms with Crippen LogP contribution in [-0.4, -0.2) is 45.7 Å². The van der Waals surface area contributed by atoms with Gasteiger partial charge in [0.2, 0.25) is 0 Å². The van der Waals surface area contributed by atoms with Crippen molar-refractivity contribution in [3.8, 4) is 0 Å². The van der Waals surface area contributed by atoms with Crippen LogP contribution >= 0.6 is 22.6 Å². The number of rotatable bonds is 5. The molecule has 0 spiro atoms. The summed E-state index contributed by atoms with van der Waals surface area (Å²) in [4.78, 5) is 26.1. The number of nitrogens with one attached hydrogen (secondary N) is 1. The van der Waals surface area contributed by atoms with Crippen LogP contribution < -0.4 is 5.32 Å². The van der Waals surface area contributed by atoms with Crippen molar-refractivity contribution in [2.75, 3.05) is 6.54 Å². The molecule has 0 saturated carbocycles. The smallest absolute Gasteiger partial charge is 0.255 e. The average molecular weight is 480 g/mol. The van der Waals surface area contributed by atoms with Crippen molar-refractivity contribution in [1.29, 1.82) is 0 Å².